The van der Waals surface area contributed by atoms with E-state index in [0.29, 0.717) is 12.2 Å². The summed E-state index contributed by atoms with van der Waals surface area (Å²) in [7, 11) is 0. The van der Waals surface area contributed by atoms with E-state index in [2.05, 4.69) is 11.9 Å². The third-order valence-electron chi connectivity index (χ3n) is 1.41. The molecular formula is C8H13NO3S. The van der Waals surface area contributed by atoms with Gasteiger partial charge in [-0.05, 0) is 24.5 Å². The average Bonchev–Trinajstić information content (AvgIpc) is 2.11. The molecule has 0 saturated carbocycles. The van der Waals surface area contributed by atoms with Gasteiger partial charge in [0.05, 0.1) is 0 Å². The van der Waals surface area contributed by atoms with Crippen LogP contribution in [-0.2, 0) is 9.59 Å². The van der Waals surface area contributed by atoms with E-state index in [-0.39, 0.29) is 0 Å². The maximum atomic E-state index is 10.8. The number of hydrogen-bond acceptors (Lipinski definition) is 3. The number of carbonyl (C=O) groups excluding carboxylic acids is 1. The predicted octanol–water partition coefficient (Wildman–Crippen LogP) is 0.495. The summed E-state index contributed by atoms with van der Waals surface area (Å²) in [6.07, 6.45) is 3.37. The van der Waals surface area contributed by atoms with Gasteiger partial charge in [0.25, 0.3) is 0 Å². The lowest BCUT2D eigenvalue weighted by atomic mass is 10.2. The minimum atomic E-state index is -1.01. The Kier molecular flexibility index (Phi) is 6.05. The first kappa shape index (κ1) is 12.0. The number of carboxylic acids is 1. The third-order valence-corrected chi connectivity index (χ3v) is 2.05. The lowest BCUT2D eigenvalue weighted by Gasteiger charge is -2.11. The summed E-state index contributed by atoms with van der Waals surface area (Å²) in [5, 5.41) is 11.0. The van der Waals surface area contributed by atoms with Crippen LogP contribution in [0.2, 0.25) is 0 Å². The summed E-state index contributed by atoms with van der Waals surface area (Å²) >= 11 is 1.54. The Hall–Kier alpha value is -0.970. The van der Waals surface area contributed by atoms with Crippen LogP contribution in [-0.4, -0.2) is 35.0 Å². The molecule has 74 valence electrons. The molecule has 2 N–H and O–H groups in total. The number of carbonyl (C=O) groups is 2. The van der Waals surface area contributed by atoms with Crippen LogP contribution in [0.3, 0.4) is 0 Å². The number of carboxylic acid groups (broad SMARTS) is 1. The number of nitrogens with one attached hydrogen (secondary N) is 1. The Morgan fingerprint density at radius 1 is 1.69 bits per heavy atom. The Bertz CT molecular complexity index is 206. The molecule has 1 atom stereocenters. The molecule has 4 nitrogen and oxygen atoms in total. The van der Waals surface area contributed by atoms with Crippen LogP contribution in [0.5, 0.6) is 0 Å². The molecular weight excluding hydrogens is 190 g/mol. The standard InChI is InChI=1S/C8H13NO3S/c1-3-7(10)9-6(8(11)12)4-5-13-2/h3,6H,1,4-5H2,2H3,(H,9,10)(H,11,12)/t6-/m1/s1. The zero-order chi connectivity index (χ0) is 10.3. The first-order chi connectivity index (χ1) is 6.11. The van der Waals surface area contributed by atoms with Crippen molar-refractivity contribution in [2.45, 2.75) is 12.5 Å². The second kappa shape index (κ2) is 6.54. The van der Waals surface area contributed by atoms with Crippen molar-refractivity contribution >= 4 is 23.6 Å². The summed E-state index contributed by atoms with van der Waals surface area (Å²) in [4.78, 5) is 21.4. The van der Waals surface area contributed by atoms with Crippen molar-refractivity contribution in [3.05, 3.63) is 12.7 Å². The van der Waals surface area contributed by atoms with Gasteiger partial charge >= 0.3 is 5.97 Å². The topological polar surface area (TPSA) is 66.4 Å². The Morgan fingerprint density at radius 2 is 2.31 bits per heavy atom. The van der Waals surface area contributed by atoms with Crippen LogP contribution in [0.4, 0.5) is 0 Å². The van der Waals surface area contributed by atoms with Gasteiger partial charge in [0.1, 0.15) is 6.04 Å². The molecule has 0 aliphatic carbocycles. The van der Waals surface area contributed by atoms with Gasteiger partial charge < -0.3 is 10.4 Å². The van der Waals surface area contributed by atoms with E-state index in [4.69, 9.17) is 5.11 Å². The highest BCUT2D eigenvalue weighted by molar-refractivity contribution is 7.98. The lowest BCUT2D eigenvalue weighted by molar-refractivity contribution is -0.141. The minimum Gasteiger partial charge on any atom is -0.480 e. The van der Waals surface area contributed by atoms with Crippen LogP contribution in [0.1, 0.15) is 6.42 Å². The van der Waals surface area contributed by atoms with Crippen LogP contribution < -0.4 is 5.32 Å². The van der Waals surface area contributed by atoms with E-state index in [9.17, 15) is 9.59 Å². The molecule has 0 unspecified atom stereocenters. The molecule has 0 heterocycles. The number of hydrogen-bond donors (Lipinski definition) is 2. The molecule has 0 rings (SSSR count). The minimum absolute atomic E-state index is 0.427. The Labute approximate surface area is 81.4 Å². The van der Waals surface area contributed by atoms with Crippen molar-refractivity contribution in [2.75, 3.05) is 12.0 Å². The molecule has 0 radical (unpaired) electrons. The smallest absolute Gasteiger partial charge is 0.326 e. The van der Waals surface area contributed by atoms with Crippen molar-refractivity contribution in [1.82, 2.24) is 5.32 Å². The van der Waals surface area contributed by atoms with Crippen molar-refractivity contribution in [1.29, 1.82) is 0 Å². The van der Waals surface area contributed by atoms with Crippen LogP contribution in [0, 0.1) is 0 Å². The van der Waals surface area contributed by atoms with E-state index >= 15 is 0 Å². The van der Waals surface area contributed by atoms with Gasteiger partial charge in [-0.2, -0.15) is 11.8 Å². The van der Waals surface area contributed by atoms with Gasteiger partial charge in [0, 0.05) is 0 Å². The molecule has 0 bridgehead atoms. The molecule has 0 aliphatic heterocycles. The molecule has 13 heavy (non-hydrogen) atoms. The second-order valence-corrected chi connectivity index (χ2v) is 3.37. The van der Waals surface area contributed by atoms with Crippen LogP contribution in [0.25, 0.3) is 0 Å². The monoisotopic (exact) mass is 203 g/mol. The average molecular weight is 203 g/mol. The number of rotatable bonds is 6. The van der Waals surface area contributed by atoms with Gasteiger partial charge in [0.15, 0.2) is 0 Å². The summed E-state index contributed by atoms with van der Waals surface area (Å²) < 4.78 is 0. The van der Waals surface area contributed by atoms with Gasteiger partial charge in [-0.1, -0.05) is 6.58 Å². The normalized spacial score (nSPS) is 11.8. The largest absolute Gasteiger partial charge is 0.480 e. The molecule has 0 saturated heterocycles. The molecule has 0 aromatic rings. The molecule has 0 aromatic carbocycles. The fraction of sp³-hybridized carbons (Fsp3) is 0.500. The van der Waals surface area contributed by atoms with Crippen molar-refractivity contribution in [3.63, 3.8) is 0 Å². The molecule has 0 fully saturated rings. The Balaban J connectivity index is 4.01. The SMILES string of the molecule is C=CC(=O)N[C@H](CCSC)C(=O)O. The molecule has 0 aliphatic rings. The van der Waals surface area contributed by atoms with E-state index < -0.39 is 17.9 Å². The molecule has 1 amide bonds. The zero-order valence-corrected chi connectivity index (χ0v) is 8.26. The van der Waals surface area contributed by atoms with E-state index in [1.54, 1.807) is 11.8 Å². The number of thioether (sulfide) groups is 1. The highest BCUT2D eigenvalue weighted by Gasteiger charge is 2.17. The van der Waals surface area contributed by atoms with Gasteiger partial charge in [-0.3, -0.25) is 4.79 Å². The first-order valence-electron chi connectivity index (χ1n) is 3.76. The number of aliphatic carboxylic acids is 1. The fourth-order valence-electron chi connectivity index (χ4n) is 0.724. The van der Waals surface area contributed by atoms with Crippen LogP contribution >= 0.6 is 11.8 Å². The molecule has 0 spiro atoms. The van der Waals surface area contributed by atoms with E-state index in [0.717, 1.165) is 6.08 Å². The first-order valence-corrected chi connectivity index (χ1v) is 5.16. The zero-order valence-electron chi connectivity index (χ0n) is 7.45. The molecule has 5 heteroatoms. The predicted molar refractivity (Wildman–Crippen MR) is 52.8 cm³/mol. The highest BCUT2D eigenvalue weighted by Crippen LogP contribution is 2.00. The van der Waals surface area contributed by atoms with Crippen molar-refractivity contribution < 1.29 is 14.7 Å². The summed E-state index contributed by atoms with van der Waals surface area (Å²) in [5.41, 5.74) is 0. The second-order valence-electron chi connectivity index (χ2n) is 2.39. The van der Waals surface area contributed by atoms with Crippen molar-refractivity contribution in [2.24, 2.45) is 0 Å². The maximum Gasteiger partial charge on any atom is 0.326 e. The van der Waals surface area contributed by atoms with Gasteiger partial charge in [-0.25, -0.2) is 4.79 Å². The van der Waals surface area contributed by atoms with Crippen LogP contribution in [0.15, 0.2) is 12.7 Å². The molecule has 0 aromatic heterocycles. The number of amides is 1. The third kappa shape index (κ3) is 5.30. The lowest BCUT2D eigenvalue weighted by Crippen LogP contribution is -2.40. The summed E-state index contributed by atoms with van der Waals surface area (Å²) in [6, 6.07) is -0.807. The fourth-order valence-corrected chi connectivity index (χ4v) is 1.20. The van der Waals surface area contributed by atoms with E-state index in [1.807, 2.05) is 6.26 Å². The maximum absolute atomic E-state index is 10.8. The van der Waals surface area contributed by atoms with Gasteiger partial charge in [-0.15, -0.1) is 0 Å². The van der Waals surface area contributed by atoms with Crippen molar-refractivity contribution in [3.8, 4) is 0 Å². The van der Waals surface area contributed by atoms with E-state index in [1.165, 1.54) is 0 Å². The van der Waals surface area contributed by atoms with Gasteiger partial charge in [0.2, 0.25) is 5.91 Å². The Morgan fingerprint density at radius 3 is 2.69 bits per heavy atom. The highest BCUT2D eigenvalue weighted by atomic mass is 32.2. The summed E-state index contributed by atoms with van der Waals surface area (Å²) in [5.74, 6) is -0.758. The summed E-state index contributed by atoms with van der Waals surface area (Å²) in [6.45, 7) is 3.24. The quantitative estimate of drug-likeness (QED) is 0.617.